The fourth-order valence-electron chi connectivity index (χ4n) is 0.509. The van der Waals surface area contributed by atoms with Crippen LogP contribution in [0.4, 0.5) is 0 Å². The van der Waals surface area contributed by atoms with Crippen molar-refractivity contribution in [2.45, 2.75) is 12.8 Å². The van der Waals surface area contributed by atoms with E-state index in [9.17, 15) is 9.59 Å². The fourth-order valence-corrected chi connectivity index (χ4v) is 0.509. The van der Waals surface area contributed by atoms with Gasteiger partial charge in [-0.15, -0.1) is 0 Å². The Hall–Kier alpha value is 0.576. The largest absolute Gasteiger partial charge is 0.428 e. The van der Waals surface area contributed by atoms with Crippen molar-refractivity contribution in [3.05, 3.63) is 0 Å². The van der Waals surface area contributed by atoms with Gasteiger partial charge in [0.1, 0.15) is 0 Å². The summed E-state index contributed by atoms with van der Waals surface area (Å²) in [7, 11) is 0. The maximum absolute atomic E-state index is 10.4. The molecule has 0 atom stereocenters. The first-order chi connectivity index (χ1) is 4.29. The van der Waals surface area contributed by atoms with Gasteiger partial charge < -0.3 is 9.47 Å². The summed E-state index contributed by atoms with van der Waals surface area (Å²) < 4.78 is 8.78. The summed E-state index contributed by atoms with van der Waals surface area (Å²) in [5.41, 5.74) is 0. The second-order valence-corrected chi connectivity index (χ2v) is 1.65. The molecule has 0 saturated carbocycles. The second kappa shape index (κ2) is 5.26. The zero-order chi connectivity index (χ0) is 6.69. The minimum absolute atomic E-state index is 0. The Bertz CT molecular complexity index is 129. The SMILES string of the molecule is O=C1CCC(=O)OCO1.[K]. The number of hydrogen-bond donors (Lipinski definition) is 0. The topological polar surface area (TPSA) is 52.6 Å². The molecule has 0 bridgehead atoms. The summed E-state index contributed by atoms with van der Waals surface area (Å²) in [6, 6.07) is 0. The molecule has 1 aliphatic rings. The van der Waals surface area contributed by atoms with Gasteiger partial charge in [-0.25, -0.2) is 0 Å². The van der Waals surface area contributed by atoms with Crippen LogP contribution in [0.2, 0.25) is 0 Å². The summed E-state index contributed by atoms with van der Waals surface area (Å²) in [4.78, 5) is 20.7. The Morgan fingerprint density at radius 3 is 1.80 bits per heavy atom. The molecule has 0 aromatic rings. The molecule has 0 amide bonds. The molecule has 0 aromatic carbocycles. The predicted octanol–water partition coefficient (Wildman–Crippen LogP) is -0.557. The number of esters is 2. The molecule has 1 saturated heterocycles. The van der Waals surface area contributed by atoms with Gasteiger partial charge >= 0.3 is 11.9 Å². The molecule has 1 fully saturated rings. The van der Waals surface area contributed by atoms with Crippen molar-refractivity contribution in [2.24, 2.45) is 0 Å². The van der Waals surface area contributed by atoms with Gasteiger partial charge in [-0.05, 0) is 0 Å². The van der Waals surface area contributed by atoms with Crippen LogP contribution in [0.3, 0.4) is 0 Å². The van der Waals surface area contributed by atoms with Crippen LogP contribution in [0.5, 0.6) is 0 Å². The van der Waals surface area contributed by atoms with Gasteiger partial charge in [-0.1, -0.05) is 0 Å². The van der Waals surface area contributed by atoms with Crippen molar-refractivity contribution < 1.29 is 19.1 Å². The molecule has 1 heterocycles. The van der Waals surface area contributed by atoms with E-state index in [0.29, 0.717) is 0 Å². The van der Waals surface area contributed by atoms with E-state index in [2.05, 4.69) is 9.47 Å². The van der Waals surface area contributed by atoms with E-state index in [0.717, 1.165) is 0 Å². The molecular weight excluding hydrogens is 163 g/mol. The first-order valence-corrected chi connectivity index (χ1v) is 2.60. The van der Waals surface area contributed by atoms with E-state index in [1.165, 1.54) is 0 Å². The van der Waals surface area contributed by atoms with Crippen molar-refractivity contribution in [1.82, 2.24) is 0 Å². The maximum atomic E-state index is 10.4. The molecule has 0 spiro atoms. The molecule has 4 nitrogen and oxygen atoms in total. The van der Waals surface area contributed by atoms with Gasteiger partial charge in [0.2, 0.25) is 6.79 Å². The van der Waals surface area contributed by atoms with Crippen LogP contribution in [0.25, 0.3) is 0 Å². The molecule has 0 N–H and O–H groups in total. The number of cyclic esters (lactones) is 2. The minimum atomic E-state index is -0.374. The first kappa shape index (κ1) is 10.6. The van der Waals surface area contributed by atoms with Crippen molar-refractivity contribution in [3.63, 3.8) is 0 Å². The second-order valence-electron chi connectivity index (χ2n) is 1.65. The quantitative estimate of drug-likeness (QED) is 0.360. The van der Waals surface area contributed by atoms with Gasteiger partial charge in [-0.2, -0.15) is 0 Å². The smallest absolute Gasteiger partial charge is 0.309 e. The number of hydrogen-bond acceptors (Lipinski definition) is 4. The fraction of sp³-hybridized carbons (Fsp3) is 0.600. The number of rotatable bonds is 0. The molecule has 1 rings (SSSR count). The Labute approximate surface area is 101 Å². The molecular formula is C5H6KO4. The standard InChI is InChI=1S/C5H6O4.K/c6-4-1-2-5(7)9-3-8-4;/h1-3H2;. The summed E-state index contributed by atoms with van der Waals surface area (Å²) in [6.45, 7) is -0.225. The van der Waals surface area contributed by atoms with E-state index < -0.39 is 0 Å². The van der Waals surface area contributed by atoms with Crippen molar-refractivity contribution in [3.8, 4) is 0 Å². The minimum Gasteiger partial charge on any atom is -0.428 e. The van der Waals surface area contributed by atoms with Gasteiger partial charge in [0.15, 0.2) is 0 Å². The Kier molecular flexibility index (Phi) is 5.56. The Morgan fingerprint density at radius 2 is 1.40 bits per heavy atom. The Balaban J connectivity index is 0.000000810. The van der Waals surface area contributed by atoms with E-state index in [1.54, 1.807) is 0 Å². The third-order valence-electron chi connectivity index (χ3n) is 0.973. The van der Waals surface area contributed by atoms with Crippen LogP contribution in [0.15, 0.2) is 0 Å². The van der Waals surface area contributed by atoms with Gasteiger partial charge in [0.05, 0.1) is 12.8 Å². The van der Waals surface area contributed by atoms with Crippen LogP contribution in [-0.2, 0) is 19.1 Å². The van der Waals surface area contributed by atoms with E-state index in [-0.39, 0.29) is 83.0 Å². The van der Waals surface area contributed by atoms with Crippen molar-refractivity contribution in [2.75, 3.05) is 6.79 Å². The van der Waals surface area contributed by atoms with Crippen molar-refractivity contribution in [1.29, 1.82) is 0 Å². The number of carbonyl (C=O) groups excluding carboxylic acids is 2. The average molecular weight is 169 g/mol. The average Bonchev–Trinajstić information content (AvgIpc) is 1.97. The van der Waals surface area contributed by atoms with E-state index in [4.69, 9.17) is 0 Å². The van der Waals surface area contributed by atoms with Crippen LogP contribution in [0.1, 0.15) is 12.8 Å². The molecule has 10 heavy (non-hydrogen) atoms. The van der Waals surface area contributed by atoms with Gasteiger partial charge in [0, 0.05) is 51.4 Å². The van der Waals surface area contributed by atoms with Crippen LogP contribution in [-0.4, -0.2) is 70.1 Å². The first-order valence-electron chi connectivity index (χ1n) is 2.60. The third kappa shape index (κ3) is 3.67. The number of ether oxygens (including phenoxy) is 2. The molecule has 5 heteroatoms. The third-order valence-corrected chi connectivity index (χ3v) is 0.973. The van der Waals surface area contributed by atoms with Crippen molar-refractivity contribution >= 4 is 63.3 Å². The van der Waals surface area contributed by atoms with Crippen LogP contribution >= 0.6 is 0 Å². The summed E-state index contributed by atoms with van der Waals surface area (Å²) in [5.74, 6) is -0.748. The number of carbonyl (C=O) groups is 2. The molecule has 51 valence electrons. The van der Waals surface area contributed by atoms with E-state index in [1.807, 2.05) is 0 Å². The normalized spacial score (nSPS) is 18.0. The molecule has 0 aliphatic carbocycles. The van der Waals surface area contributed by atoms with Crippen LogP contribution < -0.4 is 0 Å². The Morgan fingerprint density at radius 1 is 1.00 bits per heavy atom. The van der Waals surface area contributed by atoms with Gasteiger partial charge in [-0.3, -0.25) is 9.59 Å². The molecule has 1 aliphatic heterocycles. The molecule has 0 aromatic heterocycles. The summed E-state index contributed by atoms with van der Waals surface area (Å²) in [6.07, 6.45) is 0.275. The zero-order valence-corrected chi connectivity index (χ0v) is 8.88. The molecule has 1 radical (unpaired) electrons. The van der Waals surface area contributed by atoms with E-state index >= 15 is 0 Å². The zero-order valence-electron chi connectivity index (χ0n) is 5.75. The van der Waals surface area contributed by atoms with Gasteiger partial charge in [0.25, 0.3) is 0 Å². The molecule has 0 unspecified atom stereocenters. The predicted molar refractivity (Wildman–Crippen MR) is 32.0 cm³/mol. The van der Waals surface area contributed by atoms with Crippen LogP contribution in [0, 0.1) is 0 Å². The maximum Gasteiger partial charge on any atom is 0.309 e. The summed E-state index contributed by atoms with van der Waals surface area (Å²) in [5, 5.41) is 0. The summed E-state index contributed by atoms with van der Waals surface area (Å²) >= 11 is 0. The monoisotopic (exact) mass is 169 g/mol.